The van der Waals surface area contributed by atoms with Crippen LogP contribution in [0.5, 0.6) is 0 Å². The summed E-state index contributed by atoms with van der Waals surface area (Å²) in [5.74, 6) is 0. The van der Waals surface area contributed by atoms with Crippen LogP contribution in [0.1, 0.15) is 17.5 Å². The van der Waals surface area contributed by atoms with Crippen LogP contribution in [-0.4, -0.2) is 24.5 Å². The predicted molar refractivity (Wildman–Crippen MR) is 80.3 cm³/mol. The third-order valence-electron chi connectivity index (χ3n) is 3.15. The Morgan fingerprint density at radius 1 is 0.684 bits per heavy atom. The molecule has 19 heavy (non-hydrogen) atoms. The van der Waals surface area contributed by atoms with Gasteiger partial charge in [-0.15, -0.1) is 0 Å². The second-order valence-electron chi connectivity index (χ2n) is 4.75. The fraction of sp³-hybridized carbons (Fsp3) is 0.176. The van der Waals surface area contributed by atoms with E-state index in [0.717, 1.165) is 17.5 Å². The Hall–Kier alpha value is -2.22. The maximum Gasteiger partial charge on any atom is 0.0745 e. The summed E-state index contributed by atoms with van der Waals surface area (Å²) in [5.41, 5.74) is 2.31. The topological polar surface area (TPSA) is 24.7 Å². The van der Waals surface area contributed by atoms with Crippen molar-refractivity contribution in [1.29, 1.82) is 0 Å². The molecule has 0 bridgehead atoms. The molecule has 2 atom stereocenters. The summed E-state index contributed by atoms with van der Waals surface area (Å²) in [6.07, 6.45) is 4.96. The second kappa shape index (κ2) is 5.61. The van der Waals surface area contributed by atoms with E-state index in [2.05, 4.69) is 34.3 Å². The third kappa shape index (κ3) is 3.38. The Kier molecular flexibility index (Phi) is 3.50. The number of hydrogen-bond donors (Lipinski definition) is 0. The number of aliphatic imine (C=N–C) groups is 2. The van der Waals surface area contributed by atoms with E-state index in [9.17, 15) is 0 Å². The van der Waals surface area contributed by atoms with Crippen LogP contribution in [0.4, 0.5) is 0 Å². The molecule has 3 rings (SSSR count). The lowest BCUT2D eigenvalue weighted by atomic mass is 10.2. The van der Waals surface area contributed by atoms with Gasteiger partial charge in [-0.3, -0.25) is 9.98 Å². The van der Waals surface area contributed by atoms with E-state index in [1.54, 1.807) is 0 Å². The first-order valence-electron chi connectivity index (χ1n) is 6.58. The average molecular weight is 248 g/mol. The van der Waals surface area contributed by atoms with Crippen LogP contribution >= 0.6 is 0 Å². The Morgan fingerprint density at radius 2 is 1.11 bits per heavy atom. The van der Waals surface area contributed by atoms with Crippen molar-refractivity contribution in [2.24, 2.45) is 9.98 Å². The molecule has 0 amide bonds. The molecule has 0 heterocycles. The zero-order valence-corrected chi connectivity index (χ0v) is 10.7. The lowest BCUT2D eigenvalue weighted by molar-refractivity contribution is 0.971. The maximum atomic E-state index is 4.56. The molecule has 0 aromatic heterocycles. The molecule has 1 fully saturated rings. The van der Waals surface area contributed by atoms with E-state index in [4.69, 9.17) is 0 Å². The Balaban J connectivity index is 1.55. The molecule has 1 aliphatic rings. The molecule has 1 saturated carbocycles. The largest absolute Gasteiger partial charge is 0.287 e. The highest BCUT2D eigenvalue weighted by molar-refractivity contribution is 5.81. The van der Waals surface area contributed by atoms with Gasteiger partial charge in [0.2, 0.25) is 0 Å². The van der Waals surface area contributed by atoms with Crippen molar-refractivity contribution in [2.45, 2.75) is 18.5 Å². The molecule has 0 aliphatic heterocycles. The number of hydrogen-bond acceptors (Lipinski definition) is 2. The zero-order valence-electron chi connectivity index (χ0n) is 10.7. The number of rotatable bonds is 4. The average Bonchev–Trinajstić information content (AvgIpc) is 3.24. The molecular formula is C17H16N2. The smallest absolute Gasteiger partial charge is 0.0745 e. The van der Waals surface area contributed by atoms with Gasteiger partial charge in [0.05, 0.1) is 12.1 Å². The molecule has 2 heteroatoms. The Bertz CT molecular complexity index is 519. The molecule has 94 valence electrons. The second-order valence-corrected chi connectivity index (χ2v) is 4.75. The van der Waals surface area contributed by atoms with Gasteiger partial charge in [0, 0.05) is 12.4 Å². The molecule has 0 spiro atoms. The zero-order chi connectivity index (χ0) is 12.9. The van der Waals surface area contributed by atoms with Crippen molar-refractivity contribution in [1.82, 2.24) is 0 Å². The minimum absolute atomic E-state index is 0.361. The molecule has 2 nitrogen and oxygen atoms in total. The van der Waals surface area contributed by atoms with Gasteiger partial charge >= 0.3 is 0 Å². The lowest BCUT2D eigenvalue weighted by Crippen LogP contribution is -1.90. The van der Waals surface area contributed by atoms with E-state index in [1.807, 2.05) is 48.8 Å². The highest BCUT2D eigenvalue weighted by Gasteiger charge is 2.35. The maximum absolute atomic E-state index is 4.56. The molecule has 0 N–H and O–H groups in total. The first-order valence-corrected chi connectivity index (χ1v) is 6.58. The summed E-state index contributed by atoms with van der Waals surface area (Å²) in [4.78, 5) is 9.12. The SMILES string of the molecule is C(=N[C@@H]1C[C@H]1N=Cc1ccccc1)c1ccccc1. The summed E-state index contributed by atoms with van der Waals surface area (Å²) in [7, 11) is 0. The van der Waals surface area contributed by atoms with E-state index >= 15 is 0 Å². The van der Waals surface area contributed by atoms with E-state index < -0.39 is 0 Å². The van der Waals surface area contributed by atoms with E-state index in [1.165, 1.54) is 0 Å². The van der Waals surface area contributed by atoms with Crippen molar-refractivity contribution in [3.8, 4) is 0 Å². The summed E-state index contributed by atoms with van der Waals surface area (Å²) in [6.45, 7) is 0. The van der Waals surface area contributed by atoms with Crippen molar-refractivity contribution in [3.63, 3.8) is 0 Å². The Labute approximate surface area is 113 Å². The molecule has 2 aromatic carbocycles. The minimum atomic E-state index is 0.361. The first-order chi connectivity index (χ1) is 9.42. The highest BCUT2D eigenvalue weighted by Crippen LogP contribution is 2.28. The van der Waals surface area contributed by atoms with Crippen molar-refractivity contribution in [3.05, 3.63) is 71.8 Å². The fourth-order valence-electron chi connectivity index (χ4n) is 1.93. The molecule has 0 saturated heterocycles. The predicted octanol–water partition coefficient (Wildman–Crippen LogP) is 3.37. The van der Waals surface area contributed by atoms with Crippen molar-refractivity contribution < 1.29 is 0 Å². The molecular weight excluding hydrogens is 232 g/mol. The number of nitrogens with zero attached hydrogens (tertiary/aromatic N) is 2. The van der Waals surface area contributed by atoms with Gasteiger partial charge in [-0.2, -0.15) is 0 Å². The molecule has 0 unspecified atom stereocenters. The van der Waals surface area contributed by atoms with Gasteiger partial charge in [-0.05, 0) is 17.5 Å². The standard InChI is InChI=1S/C17H16N2/c1-3-7-14(8-4-1)12-18-16-11-17(16)19-13-15-9-5-2-6-10-15/h1-10,12-13,16-17H,11H2/t16-,17-/m1/s1. The van der Waals surface area contributed by atoms with Crippen LogP contribution in [0, 0.1) is 0 Å². The van der Waals surface area contributed by atoms with Gasteiger partial charge in [0.1, 0.15) is 0 Å². The first kappa shape index (κ1) is 11.8. The van der Waals surface area contributed by atoms with Crippen LogP contribution in [-0.2, 0) is 0 Å². The minimum Gasteiger partial charge on any atom is -0.287 e. The normalized spacial score (nSPS) is 22.1. The van der Waals surface area contributed by atoms with E-state index in [0.29, 0.717) is 12.1 Å². The van der Waals surface area contributed by atoms with Gasteiger partial charge in [-0.1, -0.05) is 60.7 Å². The van der Waals surface area contributed by atoms with Gasteiger partial charge < -0.3 is 0 Å². The van der Waals surface area contributed by atoms with Crippen LogP contribution < -0.4 is 0 Å². The van der Waals surface area contributed by atoms with Crippen molar-refractivity contribution in [2.75, 3.05) is 0 Å². The molecule has 2 aromatic rings. The van der Waals surface area contributed by atoms with Crippen LogP contribution in [0.25, 0.3) is 0 Å². The lowest BCUT2D eigenvalue weighted by Gasteiger charge is -1.92. The number of benzene rings is 2. The fourth-order valence-corrected chi connectivity index (χ4v) is 1.93. The summed E-state index contributed by atoms with van der Waals surface area (Å²) in [5, 5.41) is 0. The summed E-state index contributed by atoms with van der Waals surface area (Å²) < 4.78 is 0. The van der Waals surface area contributed by atoms with Gasteiger partial charge in [0.15, 0.2) is 0 Å². The Morgan fingerprint density at radius 3 is 1.53 bits per heavy atom. The van der Waals surface area contributed by atoms with E-state index in [-0.39, 0.29) is 0 Å². The summed E-state index contributed by atoms with van der Waals surface area (Å²) >= 11 is 0. The quantitative estimate of drug-likeness (QED) is 0.741. The summed E-state index contributed by atoms with van der Waals surface area (Å²) in [6, 6.07) is 21.1. The van der Waals surface area contributed by atoms with Gasteiger partial charge in [-0.25, -0.2) is 0 Å². The third-order valence-corrected chi connectivity index (χ3v) is 3.15. The molecule has 1 aliphatic carbocycles. The highest BCUT2D eigenvalue weighted by atomic mass is 15.0. The monoisotopic (exact) mass is 248 g/mol. The van der Waals surface area contributed by atoms with Crippen molar-refractivity contribution >= 4 is 12.4 Å². The van der Waals surface area contributed by atoms with Crippen LogP contribution in [0.2, 0.25) is 0 Å². The van der Waals surface area contributed by atoms with Crippen LogP contribution in [0.15, 0.2) is 70.6 Å². The molecule has 0 radical (unpaired) electrons. The van der Waals surface area contributed by atoms with Crippen LogP contribution in [0.3, 0.4) is 0 Å². The van der Waals surface area contributed by atoms with Gasteiger partial charge in [0.25, 0.3) is 0 Å².